The smallest absolute Gasteiger partial charge is 0.336 e. The zero-order valence-corrected chi connectivity index (χ0v) is 16.6. The predicted octanol–water partition coefficient (Wildman–Crippen LogP) is 4.04. The Morgan fingerprint density at radius 3 is 2.43 bits per heavy atom. The highest BCUT2D eigenvalue weighted by molar-refractivity contribution is 6.32. The van der Waals surface area contributed by atoms with Gasteiger partial charge in [-0.05, 0) is 53.9 Å². The van der Waals surface area contributed by atoms with Crippen LogP contribution in [0.5, 0.6) is 5.75 Å². The Hall–Kier alpha value is -2.50. The molecule has 1 aliphatic heterocycles. The molecule has 1 aliphatic rings. The van der Waals surface area contributed by atoms with Crippen molar-refractivity contribution in [3.8, 4) is 5.75 Å². The summed E-state index contributed by atoms with van der Waals surface area (Å²) in [6.45, 7) is 6.29. The van der Waals surface area contributed by atoms with E-state index < -0.39 is 0 Å². The largest absolute Gasteiger partial charge is 0.508 e. The summed E-state index contributed by atoms with van der Waals surface area (Å²) >= 11 is 6.40. The van der Waals surface area contributed by atoms with Crippen LogP contribution in [-0.2, 0) is 13.0 Å². The van der Waals surface area contributed by atoms with Crippen LogP contribution >= 0.6 is 11.6 Å². The zero-order valence-electron chi connectivity index (χ0n) is 15.8. The molecule has 1 fully saturated rings. The number of phenolic OH excluding ortho intramolecular Hbond substituents is 1. The van der Waals surface area contributed by atoms with Gasteiger partial charge in [0.2, 0.25) is 0 Å². The lowest BCUT2D eigenvalue weighted by atomic mass is 10.1. The zero-order chi connectivity index (χ0) is 19.7. The van der Waals surface area contributed by atoms with Crippen molar-refractivity contribution in [3.05, 3.63) is 69.0 Å². The third-order valence-corrected chi connectivity index (χ3v) is 5.71. The van der Waals surface area contributed by atoms with Crippen molar-refractivity contribution >= 4 is 28.3 Å². The van der Waals surface area contributed by atoms with E-state index in [-0.39, 0.29) is 11.4 Å². The number of phenols is 1. The standard InChI is InChI=1S/C22H23ClN2O3/c1-2-15-11-21-19(13-20(15)23)16(12-22(27)28-21)14-24-7-9-25(10-8-24)17-3-5-18(26)6-4-17/h3-6,11-13,26H,2,7-10,14H2,1H3. The van der Waals surface area contributed by atoms with Gasteiger partial charge in [0.1, 0.15) is 11.3 Å². The first-order valence-electron chi connectivity index (χ1n) is 9.55. The average molecular weight is 399 g/mol. The van der Waals surface area contributed by atoms with Gasteiger partial charge in [-0.1, -0.05) is 18.5 Å². The lowest BCUT2D eigenvalue weighted by Gasteiger charge is -2.36. The minimum atomic E-state index is -0.324. The van der Waals surface area contributed by atoms with E-state index in [0.717, 1.165) is 54.8 Å². The molecule has 0 aliphatic carbocycles. The van der Waals surface area contributed by atoms with E-state index in [9.17, 15) is 9.90 Å². The van der Waals surface area contributed by atoms with Gasteiger partial charge in [0.15, 0.2) is 0 Å². The quantitative estimate of drug-likeness (QED) is 0.672. The number of halogens is 1. The van der Waals surface area contributed by atoms with Crippen molar-refractivity contribution in [2.75, 3.05) is 31.1 Å². The summed E-state index contributed by atoms with van der Waals surface area (Å²) in [6.07, 6.45) is 0.794. The highest BCUT2D eigenvalue weighted by Gasteiger charge is 2.19. The molecule has 3 aromatic rings. The van der Waals surface area contributed by atoms with Gasteiger partial charge < -0.3 is 14.4 Å². The normalized spacial score (nSPS) is 15.3. The summed E-state index contributed by atoms with van der Waals surface area (Å²) in [5.74, 6) is 0.280. The van der Waals surface area contributed by atoms with Gasteiger partial charge in [0, 0.05) is 54.9 Å². The molecule has 1 saturated heterocycles. The van der Waals surface area contributed by atoms with E-state index in [2.05, 4.69) is 9.80 Å². The molecule has 1 N–H and O–H groups in total. The molecule has 0 bridgehead atoms. The Bertz CT molecular complexity index is 1040. The number of hydrogen-bond acceptors (Lipinski definition) is 5. The third-order valence-electron chi connectivity index (χ3n) is 5.36. The van der Waals surface area contributed by atoms with Gasteiger partial charge in [0.25, 0.3) is 0 Å². The molecule has 0 amide bonds. The molecular weight excluding hydrogens is 376 g/mol. The first kappa shape index (κ1) is 18.8. The van der Waals surface area contributed by atoms with Crippen LogP contribution in [0.2, 0.25) is 5.02 Å². The van der Waals surface area contributed by atoms with E-state index in [4.69, 9.17) is 16.0 Å². The second-order valence-electron chi connectivity index (χ2n) is 7.16. The minimum Gasteiger partial charge on any atom is -0.508 e. The highest BCUT2D eigenvalue weighted by atomic mass is 35.5. The number of hydrogen-bond donors (Lipinski definition) is 1. The van der Waals surface area contributed by atoms with Gasteiger partial charge in [-0.25, -0.2) is 4.79 Å². The van der Waals surface area contributed by atoms with Crippen LogP contribution in [0.3, 0.4) is 0 Å². The van der Waals surface area contributed by atoms with Crippen molar-refractivity contribution in [2.45, 2.75) is 19.9 Å². The predicted molar refractivity (Wildman–Crippen MR) is 112 cm³/mol. The molecule has 0 radical (unpaired) electrons. The number of aromatic hydroxyl groups is 1. The van der Waals surface area contributed by atoms with Crippen molar-refractivity contribution in [1.29, 1.82) is 0 Å². The van der Waals surface area contributed by atoms with Gasteiger partial charge in [0.05, 0.1) is 0 Å². The molecule has 5 nitrogen and oxygen atoms in total. The van der Waals surface area contributed by atoms with E-state index in [1.165, 1.54) is 0 Å². The number of piperazine rings is 1. The van der Waals surface area contributed by atoms with Crippen LogP contribution < -0.4 is 10.5 Å². The molecule has 0 atom stereocenters. The van der Waals surface area contributed by atoms with Gasteiger partial charge in [-0.15, -0.1) is 0 Å². The van der Waals surface area contributed by atoms with Crippen molar-refractivity contribution in [2.24, 2.45) is 0 Å². The van der Waals surface area contributed by atoms with Crippen LogP contribution in [0.1, 0.15) is 18.1 Å². The maximum atomic E-state index is 12.0. The second kappa shape index (κ2) is 7.86. The molecular formula is C22H23ClN2O3. The van der Waals surface area contributed by atoms with E-state index >= 15 is 0 Å². The molecule has 4 rings (SSSR count). The van der Waals surface area contributed by atoms with E-state index in [1.54, 1.807) is 18.2 Å². The fourth-order valence-electron chi connectivity index (χ4n) is 3.76. The van der Waals surface area contributed by atoms with Crippen LogP contribution in [0.4, 0.5) is 5.69 Å². The molecule has 0 unspecified atom stereocenters. The Labute approximate surface area is 168 Å². The molecule has 2 heterocycles. The summed E-state index contributed by atoms with van der Waals surface area (Å²) < 4.78 is 5.41. The SMILES string of the molecule is CCc1cc2oc(=O)cc(CN3CCN(c4ccc(O)cc4)CC3)c2cc1Cl. The number of benzene rings is 2. The molecule has 1 aromatic heterocycles. The highest BCUT2D eigenvalue weighted by Crippen LogP contribution is 2.27. The summed E-state index contributed by atoms with van der Waals surface area (Å²) in [7, 11) is 0. The van der Waals surface area contributed by atoms with Crippen LogP contribution in [0.15, 0.2) is 51.7 Å². The molecule has 2 aromatic carbocycles. The maximum Gasteiger partial charge on any atom is 0.336 e. The Kier molecular flexibility index (Phi) is 5.29. The Morgan fingerprint density at radius 1 is 1.04 bits per heavy atom. The molecule has 6 heteroatoms. The van der Waals surface area contributed by atoms with Crippen LogP contribution in [0, 0.1) is 0 Å². The average Bonchev–Trinajstić information content (AvgIpc) is 2.69. The van der Waals surface area contributed by atoms with Crippen LogP contribution in [-0.4, -0.2) is 36.2 Å². The Morgan fingerprint density at radius 2 is 1.75 bits per heavy atom. The van der Waals surface area contributed by atoms with E-state index in [0.29, 0.717) is 17.2 Å². The lowest BCUT2D eigenvalue weighted by molar-refractivity contribution is 0.250. The summed E-state index contributed by atoms with van der Waals surface area (Å²) in [6, 6.07) is 12.7. The van der Waals surface area contributed by atoms with E-state index in [1.807, 2.05) is 31.2 Å². The monoisotopic (exact) mass is 398 g/mol. The summed E-state index contributed by atoms with van der Waals surface area (Å²) in [4.78, 5) is 16.7. The van der Waals surface area contributed by atoms with Crippen molar-refractivity contribution < 1.29 is 9.52 Å². The fourth-order valence-corrected chi connectivity index (χ4v) is 4.06. The van der Waals surface area contributed by atoms with Gasteiger partial charge >= 0.3 is 5.63 Å². The first-order valence-corrected chi connectivity index (χ1v) is 9.93. The van der Waals surface area contributed by atoms with Gasteiger partial charge in [-0.2, -0.15) is 0 Å². The number of nitrogens with zero attached hydrogens (tertiary/aromatic N) is 2. The molecule has 0 saturated carbocycles. The number of aryl methyl sites for hydroxylation is 1. The fraction of sp³-hybridized carbons (Fsp3) is 0.318. The second-order valence-corrected chi connectivity index (χ2v) is 7.57. The molecule has 0 spiro atoms. The van der Waals surface area contributed by atoms with Gasteiger partial charge in [-0.3, -0.25) is 4.90 Å². The first-order chi connectivity index (χ1) is 13.5. The minimum absolute atomic E-state index is 0.280. The molecule has 146 valence electrons. The summed E-state index contributed by atoms with van der Waals surface area (Å²) in [5.41, 5.74) is 3.33. The lowest BCUT2D eigenvalue weighted by Crippen LogP contribution is -2.46. The Balaban J connectivity index is 1.52. The number of rotatable bonds is 4. The molecule has 28 heavy (non-hydrogen) atoms. The third kappa shape index (κ3) is 3.86. The van der Waals surface area contributed by atoms with Crippen molar-refractivity contribution in [1.82, 2.24) is 4.90 Å². The van der Waals surface area contributed by atoms with Crippen molar-refractivity contribution in [3.63, 3.8) is 0 Å². The summed E-state index contributed by atoms with van der Waals surface area (Å²) in [5, 5.41) is 11.1. The number of fused-ring (bicyclic) bond motifs is 1. The maximum absolute atomic E-state index is 12.0. The topological polar surface area (TPSA) is 56.9 Å². The van der Waals surface area contributed by atoms with Crippen LogP contribution in [0.25, 0.3) is 11.0 Å². The number of anilines is 1.